The van der Waals surface area contributed by atoms with E-state index < -0.39 is 5.82 Å². The number of ether oxygens (including phenoxy) is 1. The summed E-state index contributed by atoms with van der Waals surface area (Å²) in [7, 11) is 0. The van der Waals surface area contributed by atoms with E-state index in [9.17, 15) is 4.39 Å². The van der Waals surface area contributed by atoms with Gasteiger partial charge in [0.15, 0.2) is 0 Å². The molecule has 0 spiro atoms. The Balaban J connectivity index is 2.11. The van der Waals surface area contributed by atoms with Gasteiger partial charge in [-0.3, -0.25) is 0 Å². The highest BCUT2D eigenvalue weighted by molar-refractivity contribution is 6.32. The lowest BCUT2D eigenvalue weighted by Crippen LogP contribution is -1.98. The second kappa shape index (κ2) is 5.27. The van der Waals surface area contributed by atoms with Crippen molar-refractivity contribution in [3.05, 3.63) is 58.4 Å². The van der Waals surface area contributed by atoms with Crippen LogP contribution >= 0.6 is 11.6 Å². The zero-order valence-corrected chi connectivity index (χ0v) is 10.7. The predicted octanol–water partition coefficient (Wildman–Crippen LogP) is 3.95. The number of hydrogen-bond acceptors (Lipinski definition) is 2. The molecule has 0 aliphatic carbocycles. The second-order valence-corrected chi connectivity index (χ2v) is 4.49. The molecule has 2 aromatic carbocycles. The largest absolute Gasteiger partial charge is 0.487 e. The maximum absolute atomic E-state index is 13.2. The molecule has 0 aliphatic rings. The smallest absolute Gasteiger partial charge is 0.146 e. The van der Waals surface area contributed by atoms with Gasteiger partial charge < -0.3 is 10.5 Å². The molecule has 0 heterocycles. The number of benzene rings is 2. The minimum Gasteiger partial charge on any atom is -0.487 e. The third-order valence-corrected chi connectivity index (χ3v) is 2.86. The first-order chi connectivity index (χ1) is 8.56. The Morgan fingerprint density at radius 1 is 1.22 bits per heavy atom. The number of aryl methyl sites for hydroxylation is 1. The Labute approximate surface area is 110 Å². The highest BCUT2D eigenvalue weighted by Crippen LogP contribution is 2.26. The molecule has 4 heteroatoms. The lowest BCUT2D eigenvalue weighted by atomic mass is 10.2. The van der Waals surface area contributed by atoms with E-state index in [-0.39, 0.29) is 12.3 Å². The van der Waals surface area contributed by atoms with Crippen LogP contribution in [0.25, 0.3) is 0 Å². The summed E-state index contributed by atoms with van der Waals surface area (Å²) in [6.45, 7) is 2.20. The molecule has 0 bridgehead atoms. The van der Waals surface area contributed by atoms with Crippen molar-refractivity contribution in [2.45, 2.75) is 13.5 Å². The summed E-state index contributed by atoms with van der Waals surface area (Å²) in [5.74, 6) is 0.153. The molecule has 0 radical (unpaired) electrons. The minimum atomic E-state index is -0.438. The summed E-state index contributed by atoms with van der Waals surface area (Å²) in [5, 5.41) is 0.538. The summed E-state index contributed by atoms with van der Waals surface area (Å²) in [5.41, 5.74) is 7.30. The van der Waals surface area contributed by atoms with Gasteiger partial charge in [-0.25, -0.2) is 4.39 Å². The highest BCUT2D eigenvalue weighted by atomic mass is 35.5. The average molecular weight is 266 g/mol. The number of nitrogens with two attached hydrogens (primary N) is 1. The summed E-state index contributed by atoms with van der Waals surface area (Å²) >= 11 is 6.00. The molecule has 2 nitrogen and oxygen atoms in total. The molecule has 18 heavy (non-hydrogen) atoms. The van der Waals surface area contributed by atoms with E-state index in [0.29, 0.717) is 16.3 Å². The Bertz CT molecular complexity index is 572. The average Bonchev–Trinajstić information content (AvgIpc) is 2.34. The van der Waals surface area contributed by atoms with Crippen molar-refractivity contribution in [2.24, 2.45) is 0 Å². The quantitative estimate of drug-likeness (QED) is 0.853. The Hall–Kier alpha value is -1.74. The van der Waals surface area contributed by atoms with Crippen LogP contribution in [0, 0.1) is 12.7 Å². The molecule has 94 valence electrons. The van der Waals surface area contributed by atoms with E-state index in [0.717, 1.165) is 5.56 Å². The zero-order chi connectivity index (χ0) is 13.1. The van der Waals surface area contributed by atoms with Crippen LogP contribution in [0.15, 0.2) is 36.4 Å². The van der Waals surface area contributed by atoms with E-state index in [2.05, 4.69) is 0 Å². The lowest BCUT2D eigenvalue weighted by molar-refractivity contribution is 0.305. The SMILES string of the molecule is Cc1ccc(Cl)c(OCc2ccc(N)c(F)c2)c1. The lowest BCUT2D eigenvalue weighted by Gasteiger charge is -2.09. The molecular weight excluding hydrogens is 253 g/mol. The van der Waals surface area contributed by atoms with Crippen LogP contribution in [0.3, 0.4) is 0 Å². The molecule has 2 N–H and O–H groups in total. The standard InChI is InChI=1S/C14H13ClFNO/c1-9-2-4-11(15)14(6-9)18-8-10-3-5-13(17)12(16)7-10/h2-7H,8,17H2,1H3. The van der Waals surface area contributed by atoms with Crippen molar-refractivity contribution in [1.29, 1.82) is 0 Å². The van der Waals surface area contributed by atoms with Gasteiger partial charge in [-0.1, -0.05) is 23.7 Å². The van der Waals surface area contributed by atoms with Gasteiger partial charge in [-0.15, -0.1) is 0 Å². The topological polar surface area (TPSA) is 35.2 Å². The van der Waals surface area contributed by atoms with E-state index in [1.165, 1.54) is 12.1 Å². The fourth-order valence-corrected chi connectivity index (χ4v) is 1.71. The Morgan fingerprint density at radius 2 is 2.00 bits per heavy atom. The van der Waals surface area contributed by atoms with Crippen molar-refractivity contribution >= 4 is 17.3 Å². The fourth-order valence-electron chi connectivity index (χ4n) is 1.54. The van der Waals surface area contributed by atoms with Crippen LogP contribution < -0.4 is 10.5 Å². The van der Waals surface area contributed by atoms with Crippen LogP contribution in [-0.4, -0.2) is 0 Å². The number of halogens is 2. The molecule has 0 fully saturated rings. The van der Waals surface area contributed by atoms with Crippen LogP contribution in [-0.2, 0) is 6.61 Å². The molecular formula is C14H13ClFNO. The monoisotopic (exact) mass is 265 g/mol. The summed E-state index contributed by atoms with van der Waals surface area (Å²) in [6, 6.07) is 10.1. The number of hydrogen-bond donors (Lipinski definition) is 1. The molecule has 2 aromatic rings. The molecule has 0 saturated carbocycles. The van der Waals surface area contributed by atoms with Gasteiger partial charge in [-0.05, 0) is 42.3 Å². The van der Waals surface area contributed by atoms with Crippen molar-refractivity contribution in [3.63, 3.8) is 0 Å². The zero-order valence-electron chi connectivity index (χ0n) is 9.91. The van der Waals surface area contributed by atoms with Crippen LogP contribution in [0.1, 0.15) is 11.1 Å². The molecule has 0 aliphatic heterocycles. The summed E-state index contributed by atoms with van der Waals surface area (Å²) in [4.78, 5) is 0. The first-order valence-electron chi connectivity index (χ1n) is 5.49. The maximum atomic E-state index is 13.2. The van der Waals surface area contributed by atoms with Gasteiger partial charge >= 0.3 is 0 Å². The van der Waals surface area contributed by atoms with Gasteiger partial charge in [0.25, 0.3) is 0 Å². The van der Waals surface area contributed by atoms with Gasteiger partial charge in [0.05, 0.1) is 10.7 Å². The van der Waals surface area contributed by atoms with Crippen molar-refractivity contribution in [2.75, 3.05) is 5.73 Å². The predicted molar refractivity (Wildman–Crippen MR) is 71.3 cm³/mol. The van der Waals surface area contributed by atoms with Gasteiger partial charge in [0.1, 0.15) is 18.2 Å². The van der Waals surface area contributed by atoms with Crippen LogP contribution in [0.5, 0.6) is 5.75 Å². The van der Waals surface area contributed by atoms with E-state index in [4.69, 9.17) is 22.1 Å². The maximum Gasteiger partial charge on any atom is 0.146 e. The fraction of sp³-hybridized carbons (Fsp3) is 0.143. The molecule has 2 rings (SSSR count). The number of nitrogen functional groups attached to an aromatic ring is 1. The third kappa shape index (κ3) is 2.93. The first kappa shape index (κ1) is 12.7. The molecule has 0 saturated heterocycles. The van der Waals surface area contributed by atoms with E-state index in [1.54, 1.807) is 12.1 Å². The number of anilines is 1. The van der Waals surface area contributed by atoms with E-state index >= 15 is 0 Å². The van der Waals surface area contributed by atoms with Crippen LogP contribution in [0.4, 0.5) is 10.1 Å². The Kier molecular flexibility index (Phi) is 3.72. The Morgan fingerprint density at radius 3 is 2.72 bits per heavy atom. The third-order valence-electron chi connectivity index (χ3n) is 2.55. The molecule has 0 amide bonds. The van der Waals surface area contributed by atoms with Gasteiger partial charge in [0.2, 0.25) is 0 Å². The number of rotatable bonds is 3. The highest BCUT2D eigenvalue weighted by Gasteiger charge is 2.04. The first-order valence-corrected chi connectivity index (χ1v) is 5.87. The van der Waals surface area contributed by atoms with Gasteiger partial charge in [-0.2, -0.15) is 0 Å². The molecule has 0 aromatic heterocycles. The van der Waals surface area contributed by atoms with Crippen molar-refractivity contribution < 1.29 is 9.13 Å². The second-order valence-electron chi connectivity index (χ2n) is 4.08. The molecule has 0 unspecified atom stereocenters. The van der Waals surface area contributed by atoms with Crippen LogP contribution in [0.2, 0.25) is 5.02 Å². The normalized spacial score (nSPS) is 10.4. The van der Waals surface area contributed by atoms with Gasteiger partial charge in [0, 0.05) is 0 Å². The summed E-state index contributed by atoms with van der Waals surface area (Å²) in [6.07, 6.45) is 0. The van der Waals surface area contributed by atoms with E-state index in [1.807, 2.05) is 19.1 Å². The summed E-state index contributed by atoms with van der Waals surface area (Å²) < 4.78 is 18.8. The van der Waals surface area contributed by atoms with Crippen molar-refractivity contribution in [1.82, 2.24) is 0 Å². The van der Waals surface area contributed by atoms with Crippen molar-refractivity contribution in [3.8, 4) is 5.75 Å². The molecule has 0 atom stereocenters. The minimum absolute atomic E-state index is 0.132.